The Morgan fingerprint density at radius 1 is 1.08 bits per heavy atom. The Balaban J connectivity index is 1.49. The zero-order chi connectivity index (χ0) is 27.0. The molecule has 0 fully saturated rings. The van der Waals surface area contributed by atoms with Gasteiger partial charge in [-0.1, -0.05) is 30.3 Å². The van der Waals surface area contributed by atoms with Gasteiger partial charge in [0.2, 0.25) is 0 Å². The third-order valence-corrected chi connectivity index (χ3v) is 7.42. The van der Waals surface area contributed by atoms with Gasteiger partial charge in [-0.15, -0.1) is 0 Å². The second kappa shape index (κ2) is 10.4. The summed E-state index contributed by atoms with van der Waals surface area (Å²) in [7, 11) is 0. The molecule has 3 aromatic rings. The molecular formula is C29H23IN2O6. The first-order chi connectivity index (χ1) is 18.3. The van der Waals surface area contributed by atoms with Crippen LogP contribution in [-0.2, 0) is 16.1 Å². The molecule has 1 heterocycles. The highest BCUT2D eigenvalue weighted by molar-refractivity contribution is 14.1. The average Bonchev–Trinajstić information content (AvgIpc) is 3.19. The van der Waals surface area contributed by atoms with Crippen molar-refractivity contribution in [1.29, 1.82) is 0 Å². The van der Waals surface area contributed by atoms with Crippen molar-refractivity contribution < 1.29 is 24.0 Å². The molecule has 0 saturated carbocycles. The fraction of sp³-hybridized carbons (Fsp3) is 0.172. The minimum Gasteiger partial charge on any atom is -0.488 e. The van der Waals surface area contributed by atoms with Crippen molar-refractivity contribution >= 4 is 45.7 Å². The summed E-state index contributed by atoms with van der Waals surface area (Å²) < 4.78 is 12.2. The lowest BCUT2D eigenvalue weighted by atomic mass is 9.80. The van der Waals surface area contributed by atoms with Crippen molar-refractivity contribution in [2.45, 2.75) is 26.4 Å². The number of fused-ring (bicyclic) bond motifs is 2. The number of ether oxygens (including phenoxy) is 2. The smallest absolute Gasteiger partial charge is 0.336 e. The van der Waals surface area contributed by atoms with Crippen molar-refractivity contribution in [3.8, 4) is 5.75 Å². The Morgan fingerprint density at radius 3 is 2.45 bits per heavy atom. The maximum absolute atomic E-state index is 13.6. The molecule has 0 bridgehead atoms. The second-order valence-electron chi connectivity index (χ2n) is 8.88. The van der Waals surface area contributed by atoms with Crippen LogP contribution in [0.3, 0.4) is 0 Å². The highest BCUT2D eigenvalue weighted by Crippen LogP contribution is 2.47. The number of Topliss-reactive ketones (excluding diaryl/α,β-unsaturated/α-hetero) is 1. The van der Waals surface area contributed by atoms with E-state index in [1.807, 2.05) is 43.3 Å². The number of rotatable bonds is 7. The number of allylic oxidation sites excluding steroid dienone is 2. The van der Waals surface area contributed by atoms with E-state index in [9.17, 15) is 19.7 Å². The number of benzene rings is 3. The average molecular weight is 622 g/mol. The first kappa shape index (κ1) is 25.7. The first-order valence-corrected chi connectivity index (χ1v) is 13.1. The van der Waals surface area contributed by atoms with Gasteiger partial charge < -0.3 is 14.8 Å². The number of carbonyl (C=O) groups is 2. The van der Waals surface area contributed by atoms with Gasteiger partial charge in [0.05, 0.1) is 26.4 Å². The number of dihydropyridines is 1. The van der Waals surface area contributed by atoms with Crippen LogP contribution in [0.15, 0.2) is 83.6 Å². The molecule has 0 saturated heterocycles. The molecule has 1 N–H and O–H groups in total. The monoisotopic (exact) mass is 622 g/mol. The molecule has 0 aromatic heterocycles. The van der Waals surface area contributed by atoms with E-state index in [0.717, 1.165) is 26.0 Å². The van der Waals surface area contributed by atoms with Crippen molar-refractivity contribution in [2.75, 3.05) is 6.61 Å². The minimum atomic E-state index is -0.609. The van der Waals surface area contributed by atoms with E-state index in [1.165, 1.54) is 12.1 Å². The summed E-state index contributed by atoms with van der Waals surface area (Å²) in [5, 5.41) is 14.2. The molecular weight excluding hydrogens is 599 g/mol. The number of nitrogens with one attached hydrogen (secondary N) is 1. The van der Waals surface area contributed by atoms with Crippen LogP contribution in [0, 0.1) is 13.7 Å². The van der Waals surface area contributed by atoms with Crippen LogP contribution in [-0.4, -0.2) is 23.3 Å². The normalized spacial score (nSPS) is 16.1. The molecule has 8 nitrogen and oxygen atoms in total. The Kier molecular flexibility index (Phi) is 7.02. The van der Waals surface area contributed by atoms with E-state index >= 15 is 0 Å². The van der Waals surface area contributed by atoms with Gasteiger partial charge in [0, 0.05) is 40.4 Å². The molecule has 9 heteroatoms. The van der Waals surface area contributed by atoms with Crippen LogP contribution >= 0.6 is 22.6 Å². The molecule has 1 aliphatic heterocycles. The number of ketones is 1. The van der Waals surface area contributed by atoms with Crippen LogP contribution in [0.1, 0.15) is 46.8 Å². The molecule has 38 heavy (non-hydrogen) atoms. The Bertz CT molecular complexity index is 1540. The predicted molar refractivity (Wildman–Crippen MR) is 149 cm³/mol. The molecule has 0 radical (unpaired) electrons. The van der Waals surface area contributed by atoms with Gasteiger partial charge in [-0.05, 0) is 71.8 Å². The zero-order valence-corrected chi connectivity index (χ0v) is 22.8. The minimum absolute atomic E-state index is 0.0210. The summed E-state index contributed by atoms with van der Waals surface area (Å²) in [5.74, 6) is -0.570. The van der Waals surface area contributed by atoms with Gasteiger partial charge >= 0.3 is 5.97 Å². The maximum Gasteiger partial charge on any atom is 0.336 e. The topological polar surface area (TPSA) is 108 Å². The summed E-state index contributed by atoms with van der Waals surface area (Å²) >= 11 is 2.17. The van der Waals surface area contributed by atoms with E-state index in [0.29, 0.717) is 28.2 Å². The van der Waals surface area contributed by atoms with Gasteiger partial charge in [-0.2, -0.15) is 0 Å². The van der Waals surface area contributed by atoms with E-state index < -0.39 is 16.8 Å². The molecule has 1 atom stereocenters. The fourth-order valence-corrected chi connectivity index (χ4v) is 5.53. The summed E-state index contributed by atoms with van der Waals surface area (Å²) in [5.41, 5.74) is 5.30. The maximum atomic E-state index is 13.6. The van der Waals surface area contributed by atoms with Crippen LogP contribution < -0.4 is 10.1 Å². The number of carbonyl (C=O) groups excluding carboxylic acids is 2. The largest absolute Gasteiger partial charge is 0.488 e. The Morgan fingerprint density at radius 2 is 1.79 bits per heavy atom. The number of nitro groups is 1. The zero-order valence-electron chi connectivity index (χ0n) is 20.6. The summed E-state index contributed by atoms with van der Waals surface area (Å²) in [6.07, 6.45) is 0. The lowest BCUT2D eigenvalue weighted by molar-refractivity contribution is -0.384. The number of nitro benzene ring substituents is 1. The molecule has 0 amide bonds. The number of non-ortho nitro benzene ring substituents is 1. The number of esters is 1. The van der Waals surface area contributed by atoms with Crippen molar-refractivity contribution in [1.82, 2.24) is 5.32 Å². The quantitative estimate of drug-likeness (QED) is 0.151. The van der Waals surface area contributed by atoms with Crippen molar-refractivity contribution in [3.05, 3.63) is 120 Å². The van der Waals surface area contributed by atoms with Gasteiger partial charge in [0.25, 0.3) is 5.69 Å². The predicted octanol–water partition coefficient (Wildman–Crippen LogP) is 5.91. The lowest BCUT2D eigenvalue weighted by Gasteiger charge is -2.29. The molecule has 0 spiro atoms. The molecule has 1 aliphatic carbocycles. The van der Waals surface area contributed by atoms with E-state index in [2.05, 4.69) is 27.9 Å². The third-order valence-electron chi connectivity index (χ3n) is 6.57. The lowest BCUT2D eigenvalue weighted by Crippen LogP contribution is -2.29. The molecule has 2 aliphatic rings. The number of halogens is 1. The summed E-state index contributed by atoms with van der Waals surface area (Å²) in [6.45, 7) is 4.02. The number of nitrogens with zero attached hydrogens (tertiary/aromatic N) is 1. The SMILES string of the molecule is CCOC(=O)C1=C(C)NC2=C(C(=O)c3ccccc32)[C@H]1c1ccc(OCc2ccc([N+](=O)[O-])cc2)c(I)c1. The summed E-state index contributed by atoms with van der Waals surface area (Å²) in [4.78, 5) is 37.1. The first-order valence-electron chi connectivity index (χ1n) is 12.0. The highest BCUT2D eigenvalue weighted by Gasteiger charge is 2.43. The van der Waals surface area contributed by atoms with Crippen LogP contribution in [0.2, 0.25) is 0 Å². The highest BCUT2D eigenvalue weighted by atomic mass is 127. The fourth-order valence-electron chi connectivity index (χ4n) is 4.83. The Hall–Kier alpha value is -3.99. The van der Waals surface area contributed by atoms with Crippen LogP contribution in [0.5, 0.6) is 5.75 Å². The standard InChI is InChI=1S/C29H23IN2O6/c1-3-37-29(34)24-16(2)31-27-20-6-4-5-7-21(20)28(33)26(27)25(24)18-10-13-23(22(30)14-18)38-15-17-8-11-19(12-9-17)32(35)36/h4-14,25,31H,3,15H2,1-2H3/t25-/m0/s1. The van der Waals surface area contributed by atoms with Gasteiger partial charge in [0.1, 0.15) is 12.4 Å². The van der Waals surface area contributed by atoms with Gasteiger partial charge in [-0.3, -0.25) is 14.9 Å². The van der Waals surface area contributed by atoms with Gasteiger partial charge in [-0.25, -0.2) is 4.79 Å². The van der Waals surface area contributed by atoms with E-state index in [4.69, 9.17) is 9.47 Å². The summed E-state index contributed by atoms with van der Waals surface area (Å²) in [6, 6.07) is 19.2. The number of hydrogen-bond acceptors (Lipinski definition) is 7. The number of hydrogen-bond donors (Lipinski definition) is 1. The van der Waals surface area contributed by atoms with Crippen LogP contribution in [0.4, 0.5) is 5.69 Å². The third kappa shape index (κ3) is 4.58. The van der Waals surface area contributed by atoms with Gasteiger partial charge in [0.15, 0.2) is 5.78 Å². The molecule has 5 rings (SSSR count). The van der Waals surface area contributed by atoms with E-state index in [1.54, 1.807) is 25.1 Å². The Labute approximate surface area is 232 Å². The molecule has 0 unspecified atom stereocenters. The molecule has 3 aromatic carbocycles. The van der Waals surface area contributed by atoms with Crippen molar-refractivity contribution in [2.24, 2.45) is 0 Å². The molecule has 192 valence electrons. The van der Waals surface area contributed by atoms with Crippen LogP contribution in [0.25, 0.3) is 5.70 Å². The van der Waals surface area contributed by atoms with E-state index in [-0.39, 0.29) is 24.7 Å². The van der Waals surface area contributed by atoms with Crippen molar-refractivity contribution in [3.63, 3.8) is 0 Å². The second-order valence-corrected chi connectivity index (χ2v) is 10.0.